The zero-order valence-electron chi connectivity index (χ0n) is 11.7. The Morgan fingerprint density at radius 1 is 1.25 bits per heavy atom. The SMILES string of the molecule is N=C(c1cc(F)c(F)c2nc(N)[nH]c12)N(O)c1ccc(F)c(Br)c1. The quantitative estimate of drug-likeness (QED) is 0.300. The second-order valence-corrected chi connectivity index (χ2v) is 5.68. The van der Waals surface area contributed by atoms with E-state index in [2.05, 4.69) is 25.9 Å². The molecule has 1 heterocycles. The summed E-state index contributed by atoms with van der Waals surface area (Å²) >= 11 is 2.96. The van der Waals surface area contributed by atoms with Crippen LogP contribution in [0.5, 0.6) is 0 Å². The number of nitrogens with zero attached hydrogens (tertiary/aromatic N) is 2. The number of hydrogen-bond donors (Lipinski definition) is 4. The maximum absolute atomic E-state index is 13.8. The van der Waals surface area contributed by atoms with Crippen LogP contribution in [0.15, 0.2) is 28.7 Å². The monoisotopic (exact) mass is 399 g/mol. The van der Waals surface area contributed by atoms with Crippen molar-refractivity contribution in [2.75, 3.05) is 10.8 Å². The molecule has 0 bridgehead atoms. The van der Waals surface area contributed by atoms with Crippen molar-refractivity contribution >= 4 is 44.4 Å². The Kier molecular flexibility index (Phi) is 3.93. The number of anilines is 2. The molecule has 0 fully saturated rings. The number of H-pyrrole nitrogens is 1. The summed E-state index contributed by atoms with van der Waals surface area (Å²) in [7, 11) is 0. The number of fused-ring (bicyclic) bond motifs is 1. The third-order valence-electron chi connectivity index (χ3n) is 3.29. The first kappa shape index (κ1) is 16.3. The van der Waals surface area contributed by atoms with Crippen molar-refractivity contribution in [1.29, 1.82) is 5.41 Å². The van der Waals surface area contributed by atoms with Gasteiger partial charge in [0.2, 0.25) is 0 Å². The highest BCUT2D eigenvalue weighted by molar-refractivity contribution is 9.10. The molecule has 5 N–H and O–H groups in total. The van der Waals surface area contributed by atoms with Crippen LogP contribution in [-0.2, 0) is 0 Å². The normalized spacial score (nSPS) is 11.0. The molecule has 3 rings (SSSR count). The third-order valence-corrected chi connectivity index (χ3v) is 3.90. The van der Waals surface area contributed by atoms with Gasteiger partial charge in [0, 0.05) is 5.56 Å². The zero-order valence-corrected chi connectivity index (χ0v) is 13.3. The van der Waals surface area contributed by atoms with Gasteiger partial charge in [0.1, 0.15) is 11.3 Å². The number of aromatic nitrogens is 2. The Morgan fingerprint density at radius 2 is 1.96 bits per heavy atom. The molecule has 0 aliphatic heterocycles. The van der Waals surface area contributed by atoms with Crippen LogP contribution in [0.3, 0.4) is 0 Å². The average molecular weight is 400 g/mol. The van der Waals surface area contributed by atoms with Crippen LogP contribution in [0.25, 0.3) is 11.0 Å². The molecule has 24 heavy (non-hydrogen) atoms. The molecular weight excluding hydrogens is 391 g/mol. The molecular formula is C14H9BrF3N5O. The Morgan fingerprint density at radius 3 is 2.62 bits per heavy atom. The van der Waals surface area contributed by atoms with E-state index in [0.717, 1.165) is 12.1 Å². The number of nitrogen functional groups attached to an aromatic ring is 1. The molecule has 0 amide bonds. The highest BCUT2D eigenvalue weighted by Gasteiger charge is 2.22. The molecule has 2 aromatic carbocycles. The molecule has 6 nitrogen and oxygen atoms in total. The van der Waals surface area contributed by atoms with Crippen molar-refractivity contribution in [1.82, 2.24) is 9.97 Å². The smallest absolute Gasteiger partial charge is 0.198 e. The molecule has 0 spiro atoms. The highest BCUT2D eigenvalue weighted by atomic mass is 79.9. The Balaban J connectivity index is 2.11. The number of hydroxylamine groups is 1. The van der Waals surface area contributed by atoms with Crippen molar-refractivity contribution in [3.8, 4) is 0 Å². The predicted octanol–water partition coefficient (Wildman–Crippen LogP) is 3.55. The minimum absolute atomic E-state index is 0.0404. The maximum atomic E-state index is 13.8. The molecule has 3 aromatic rings. The molecule has 0 atom stereocenters. The van der Waals surface area contributed by atoms with Crippen molar-refractivity contribution in [3.05, 3.63) is 51.8 Å². The molecule has 0 unspecified atom stereocenters. The van der Waals surface area contributed by atoms with Crippen LogP contribution in [0, 0.1) is 22.9 Å². The van der Waals surface area contributed by atoms with Gasteiger partial charge in [-0.3, -0.25) is 10.6 Å². The van der Waals surface area contributed by atoms with Gasteiger partial charge < -0.3 is 10.7 Å². The molecule has 0 aliphatic rings. The first-order valence-corrected chi connectivity index (χ1v) is 7.25. The summed E-state index contributed by atoms with van der Waals surface area (Å²) in [6, 6.07) is 4.25. The number of aromatic amines is 1. The van der Waals surface area contributed by atoms with E-state index < -0.39 is 23.3 Å². The molecule has 10 heteroatoms. The van der Waals surface area contributed by atoms with Gasteiger partial charge in [-0.15, -0.1) is 0 Å². The first-order chi connectivity index (χ1) is 11.3. The van der Waals surface area contributed by atoms with E-state index >= 15 is 0 Å². The lowest BCUT2D eigenvalue weighted by atomic mass is 10.1. The summed E-state index contributed by atoms with van der Waals surface area (Å²) in [5, 5.41) is 18.6. The van der Waals surface area contributed by atoms with Crippen molar-refractivity contribution in [2.24, 2.45) is 0 Å². The van der Waals surface area contributed by atoms with Crippen LogP contribution in [0.2, 0.25) is 0 Å². The fraction of sp³-hybridized carbons (Fsp3) is 0. The summed E-state index contributed by atoms with van der Waals surface area (Å²) in [5.74, 6) is -3.78. The zero-order chi connectivity index (χ0) is 17.6. The van der Waals surface area contributed by atoms with Crippen LogP contribution >= 0.6 is 15.9 Å². The Bertz CT molecular complexity index is 975. The van der Waals surface area contributed by atoms with E-state index in [9.17, 15) is 18.4 Å². The van der Waals surface area contributed by atoms with Gasteiger partial charge in [0.05, 0.1) is 15.7 Å². The molecule has 0 saturated carbocycles. The van der Waals surface area contributed by atoms with Crippen molar-refractivity contribution in [3.63, 3.8) is 0 Å². The van der Waals surface area contributed by atoms with E-state index in [4.69, 9.17) is 11.1 Å². The Hall–Kier alpha value is -2.59. The number of nitrogens with one attached hydrogen (secondary N) is 2. The first-order valence-electron chi connectivity index (χ1n) is 6.45. The number of benzene rings is 2. The van der Waals surface area contributed by atoms with Crippen molar-refractivity contribution < 1.29 is 18.4 Å². The lowest BCUT2D eigenvalue weighted by Gasteiger charge is -2.18. The van der Waals surface area contributed by atoms with E-state index in [-0.39, 0.29) is 32.7 Å². The molecule has 1 aromatic heterocycles. The van der Waals surface area contributed by atoms with E-state index in [0.29, 0.717) is 5.06 Å². The second kappa shape index (κ2) is 5.80. The van der Waals surface area contributed by atoms with Gasteiger partial charge in [-0.1, -0.05) is 0 Å². The fourth-order valence-corrected chi connectivity index (χ4v) is 2.53. The minimum atomic E-state index is -1.25. The summed E-state index contributed by atoms with van der Waals surface area (Å²) in [6.45, 7) is 0. The topological polar surface area (TPSA) is 102 Å². The van der Waals surface area contributed by atoms with E-state index in [1.807, 2.05) is 0 Å². The number of hydrogen-bond acceptors (Lipinski definition) is 4. The van der Waals surface area contributed by atoms with Crippen LogP contribution in [0.1, 0.15) is 5.56 Å². The van der Waals surface area contributed by atoms with Crippen LogP contribution in [0.4, 0.5) is 24.8 Å². The third kappa shape index (κ3) is 2.59. The largest absolute Gasteiger partial charge is 0.369 e. The van der Waals surface area contributed by atoms with Crippen LogP contribution in [-0.4, -0.2) is 21.0 Å². The van der Waals surface area contributed by atoms with Gasteiger partial charge >= 0.3 is 0 Å². The Labute approximate surface area is 141 Å². The number of halogens is 4. The minimum Gasteiger partial charge on any atom is -0.369 e. The van der Waals surface area contributed by atoms with Gasteiger partial charge in [-0.05, 0) is 40.2 Å². The fourth-order valence-electron chi connectivity index (χ4n) is 2.17. The lowest BCUT2D eigenvalue weighted by Crippen LogP contribution is -2.27. The van der Waals surface area contributed by atoms with Crippen LogP contribution < -0.4 is 10.8 Å². The van der Waals surface area contributed by atoms with Gasteiger partial charge in [-0.2, -0.15) is 0 Å². The number of nitrogens with two attached hydrogens (primary N) is 1. The average Bonchev–Trinajstić information content (AvgIpc) is 2.94. The van der Waals surface area contributed by atoms with Gasteiger partial charge in [0.25, 0.3) is 0 Å². The van der Waals surface area contributed by atoms with E-state index in [1.165, 1.54) is 12.1 Å². The highest BCUT2D eigenvalue weighted by Crippen LogP contribution is 2.27. The standard InChI is InChI=1S/C14H9BrF3N5O/c15-7-3-5(1-2-8(7)16)23(24)13(19)6-4-9(17)10(18)12-11(6)21-14(20)22-12/h1-4,19,24H,(H3,20,21,22). The predicted molar refractivity (Wildman–Crippen MR) is 85.6 cm³/mol. The summed E-state index contributed by atoms with van der Waals surface area (Å²) < 4.78 is 40.8. The van der Waals surface area contributed by atoms with Gasteiger partial charge in [0.15, 0.2) is 23.4 Å². The van der Waals surface area contributed by atoms with Crippen molar-refractivity contribution in [2.45, 2.75) is 0 Å². The molecule has 0 aliphatic carbocycles. The van der Waals surface area contributed by atoms with Gasteiger partial charge in [-0.25, -0.2) is 23.2 Å². The number of amidine groups is 1. The summed E-state index contributed by atoms with van der Waals surface area (Å²) in [6.07, 6.45) is 0. The molecule has 0 radical (unpaired) electrons. The van der Waals surface area contributed by atoms with E-state index in [1.54, 1.807) is 0 Å². The number of rotatable bonds is 2. The summed E-state index contributed by atoms with van der Waals surface area (Å²) in [5.41, 5.74) is 4.89. The molecule has 124 valence electrons. The number of imidazole rings is 1. The summed E-state index contributed by atoms with van der Waals surface area (Å²) in [4.78, 5) is 6.14. The second-order valence-electron chi connectivity index (χ2n) is 4.82. The molecule has 0 saturated heterocycles. The maximum Gasteiger partial charge on any atom is 0.198 e. The lowest BCUT2D eigenvalue weighted by molar-refractivity contribution is 0.311.